The van der Waals surface area contributed by atoms with Gasteiger partial charge in [-0.25, -0.2) is 4.98 Å². The number of hydrogen-bond donors (Lipinski definition) is 3. The van der Waals surface area contributed by atoms with Crippen LogP contribution in [0.3, 0.4) is 0 Å². The molecule has 1 unspecified atom stereocenters. The van der Waals surface area contributed by atoms with Gasteiger partial charge in [0.05, 0.1) is 35.8 Å². The molecule has 3 N–H and O–H groups in total. The molecule has 0 fully saturated rings. The van der Waals surface area contributed by atoms with Crippen LogP contribution in [0.1, 0.15) is 32.1 Å². The lowest BCUT2D eigenvalue weighted by Crippen LogP contribution is -2.52. The van der Waals surface area contributed by atoms with E-state index in [4.69, 9.17) is 0 Å². The van der Waals surface area contributed by atoms with Gasteiger partial charge in [-0.3, -0.25) is 5.32 Å². The minimum Gasteiger partial charge on any atom is -0.394 e. The van der Waals surface area contributed by atoms with Gasteiger partial charge in [0.25, 0.3) is 0 Å². The van der Waals surface area contributed by atoms with Gasteiger partial charge in [0.1, 0.15) is 5.82 Å². The predicted molar refractivity (Wildman–Crippen MR) is 79.5 cm³/mol. The first-order chi connectivity index (χ1) is 9.56. The minimum atomic E-state index is -0.669. The number of hydrogen-bond acceptors (Lipinski definition) is 4. The summed E-state index contributed by atoms with van der Waals surface area (Å²) in [5.41, 5.74) is 1.36. The molecule has 0 aliphatic rings. The number of aliphatic hydroxyl groups excluding tert-OH is 2. The molecule has 20 heavy (non-hydrogen) atoms. The van der Waals surface area contributed by atoms with Gasteiger partial charge < -0.3 is 14.8 Å². The van der Waals surface area contributed by atoms with Crippen molar-refractivity contribution in [1.82, 2.24) is 14.9 Å². The Kier molecular flexibility index (Phi) is 4.42. The van der Waals surface area contributed by atoms with Crippen molar-refractivity contribution in [2.45, 2.75) is 31.8 Å². The van der Waals surface area contributed by atoms with Crippen molar-refractivity contribution in [1.29, 1.82) is 0 Å². The maximum atomic E-state index is 9.53. The number of aliphatic hydroxyl groups is 2. The molecule has 0 amide bonds. The van der Waals surface area contributed by atoms with Crippen molar-refractivity contribution in [3.8, 4) is 0 Å². The third kappa shape index (κ3) is 2.57. The van der Waals surface area contributed by atoms with Crippen molar-refractivity contribution < 1.29 is 10.2 Å². The van der Waals surface area contributed by atoms with E-state index >= 15 is 0 Å². The Morgan fingerprint density at radius 2 is 1.95 bits per heavy atom. The molecule has 1 atom stereocenters. The van der Waals surface area contributed by atoms with E-state index < -0.39 is 5.54 Å². The Labute approximate surface area is 119 Å². The van der Waals surface area contributed by atoms with Gasteiger partial charge in [0.15, 0.2) is 0 Å². The molecule has 0 bridgehead atoms. The molecule has 1 heterocycles. The van der Waals surface area contributed by atoms with Crippen molar-refractivity contribution in [2.24, 2.45) is 7.05 Å². The van der Waals surface area contributed by atoms with Gasteiger partial charge in [-0.1, -0.05) is 19.1 Å². The fraction of sp³-hybridized carbons (Fsp3) is 0.533. The Hall–Kier alpha value is -1.43. The first kappa shape index (κ1) is 15.0. The van der Waals surface area contributed by atoms with Crippen LogP contribution in [-0.4, -0.2) is 38.5 Å². The van der Waals surface area contributed by atoms with Gasteiger partial charge in [-0.2, -0.15) is 0 Å². The van der Waals surface area contributed by atoms with E-state index in [0.29, 0.717) is 6.42 Å². The van der Waals surface area contributed by atoms with E-state index in [0.717, 1.165) is 16.9 Å². The van der Waals surface area contributed by atoms with Crippen LogP contribution >= 0.6 is 0 Å². The number of rotatable bonds is 6. The first-order valence-corrected chi connectivity index (χ1v) is 6.97. The summed E-state index contributed by atoms with van der Waals surface area (Å²) in [7, 11) is 1.98. The number of fused-ring (bicyclic) bond motifs is 1. The lowest BCUT2D eigenvalue weighted by atomic mass is 9.97. The highest BCUT2D eigenvalue weighted by molar-refractivity contribution is 5.75. The molecule has 5 nitrogen and oxygen atoms in total. The lowest BCUT2D eigenvalue weighted by molar-refractivity contribution is 0.0781. The normalized spacial score (nSPS) is 13.8. The Balaban J connectivity index is 2.31. The second-order valence-electron chi connectivity index (χ2n) is 5.33. The van der Waals surface area contributed by atoms with Crippen molar-refractivity contribution >= 4 is 11.0 Å². The van der Waals surface area contributed by atoms with E-state index in [1.165, 1.54) is 0 Å². The molecule has 0 spiro atoms. The average Bonchev–Trinajstić information content (AvgIpc) is 2.83. The number of nitrogens with zero attached hydrogens (tertiary/aromatic N) is 2. The van der Waals surface area contributed by atoms with Crippen LogP contribution in [0, 0.1) is 0 Å². The molecule has 0 aliphatic carbocycles. The van der Waals surface area contributed by atoms with Crippen LogP contribution in [0.15, 0.2) is 24.3 Å². The Morgan fingerprint density at radius 3 is 2.50 bits per heavy atom. The molecular formula is C15H23N3O2. The summed E-state index contributed by atoms with van der Waals surface area (Å²) < 4.78 is 2.04. The van der Waals surface area contributed by atoms with E-state index in [1.807, 2.05) is 49.7 Å². The summed E-state index contributed by atoms with van der Waals surface area (Å²) in [6, 6.07) is 7.91. The Bertz CT molecular complexity index is 567. The van der Waals surface area contributed by atoms with Gasteiger partial charge in [-0.15, -0.1) is 0 Å². The van der Waals surface area contributed by atoms with Crippen molar-refractivity contribution in [3.05, 3.63) is 30.1 Å². The summed E-state index contributed by atoms with van der Waals surface area (Å²) in [6.07, 6.45) is 0.647. The summed E-state index contributed by atoms with van der Waals surface area (Å²) >= 11 is 0. The smallest absolute Gasteiger partial charge is 0.126 e. The van der Waals surface area contributed by atoms with Crippen LogP contribution in [0.2, 0.25) is 0 Å². The number of aryl methyl sites for hydroxylation is 1. The van der Waals surface area contributed by atoms with E-state index in [-0.39, 0.29) is 19.3 Å². The maximum Gasteiger partial charge on any atom is 0.126 e. The van der Waals surface area contributed by atoms with Crippen LogP contribution in [-0.2, 0) is 7.05 Å². The summed E-state index contributed by atoms with van der Waals surface area (Å²) in [4.78, 5) is 4.64. The number of nitrogens with one attached hydrogen (secondary N) is 1. The standard InChI is InChI=1S/C15H23N3O2/c1-4-15(9-19,10-20)17-11(2)14-16-12-7-5-6-8-13(12)18(14)3/h5-8,11,17,19-20H,4,9-10H2,1-3H3. The summed E-state index contributed by atoms with van der Waals surface area (Å²) in [5, 5.41) is 22.4. The van der Waals surface area contributed by atoms with Gasteiger partial charge >= 0.3 is 0 Å². The first-order valence-electron chi connectivity index (χ1n) is 6.97. The zero-order valence-corrected chi connectivity index (χ0v) is 12.3. The van der Waals surface area contributed by atoms with Crippen LogP contribution in [0.25, 0.3) is 11.0 Å². The van der Waals surface area contributed by atoms with Crippen LogP contribution in [0.5, 0.6) is 0 Å². The molecule has 1 aromatic carbocycles. The van der Waals surface area contributed by atoms with Crippen LogP contribution < -0.4 is 5.32 Å². The second kappa shape index (κ2) is 5.91. The fourth-order valence-electron chi connectivity index (χ4n) is 2.54. The second-order valence-corrected chi connectivity index (χ2v) is 5.33. The van der Waals surface area contributed by atoms with E-state index in [9.17, 15) is 10.2 Å². The molecular weight excluding hydrogens is 254 g/mol. The number of benzene rings is 1. The molecule has 2 rings (SSSR count). The third-order valence-electron chi connectivity index (χ3n) is 4.01. The molecule has 0 saturated heterocycles. The van der Waals surface area contributed by atoms with Gasteiger partial charge in [0, 0.05) is 7.05 Å². The average molecular weight is 277 g/mol. The molecule has 110 valence electrons. The van der Waals surface area contributed by atoms with Gasteiger partial charge in [-0.05, 0) is 25.5 Å². The Morgan fingerprint density at radius 1 is 1.30 bits per heavy atom. The fourth-order valence-corrected chi connectivity index (χ4v) is 2.54. The minimum absolute atomic E-state index is 0.0633. The van der Waals surface area contributed by atoms with Crippen molar-refractivity contribution in [3.63, 3.8) is 0 Å². The molecule has 5 heteroatoms. The van der Waals surface area contributed by atoms with Crippen LogP contribution in [0.4, 0.5) is 0 Å². The molecule has 0 saturated carbocycles. The number of imidazole rings is 1. The third-order valence-corrected chi connectivity index (χ3v) is 4.01. The summed E-state index contributed by atoms with van der Waals surface area (Å²) in [6.45, 7) is 3.74. The molecule has 1 aromatic heterocycles. The number of para-hydroxylation sites is 2. The quantitative estimate of drug-likeness (QED) is 0.745. The molecule has 0 aliphatic heterocycles. The highest BCUT2D eigenvalue weighted by Gasteiger charge is 2.29. The number of aromatic nitrogens is 2. The van der Waals surface area contributed by atoms with E-state index in [2.05, 4.69) is 10.3 Å². The molecule has 0 radical (unpaired) electrons. The zero-order valence-electron chi connectivity index (χ0n) is 12.3. The molecule has 2 aromatic rings. The largest absolute Gasteiger partial charge is 0.394 e. The lowest BCUT2D eigenvalue weighted by Gasteiger charge is -2.33. The highest BCUT2D eigenvalue weighted by atomic mass is 16.3. The highest BCUT2D eigenvalue weighted by Crippen LogP contribution is 2.22. The van der Waals surface area contributed by atoms with E-state index in [1.54, 1.807) is 0 Å². The zero-order chi connectivity index (χ0) is 14.8. The summed E-state index contributed by atoms with van der Waals surface area (Å²) in [5.74, 6) is 0.894. The SMILES string of the molecule is CCC(CO)(CO)NC(C)c1nc2ccccc2n1C. The monoisotopic (exact) mass is 277 g/mol. The van der Waals surface area contributed by atoms with Crippen molar-refractivity contribution in [2.75, 3.05) is 13.2 Å². The predicted octanol–water partition coefficient (Wildman–Crippen LogP) is 1.36. The van der Waals surface area contributed by atoms with Gasteiger partial charge in [0.2, 0.25) is 0 Å². The topological polar surface area (TPSA) is 70.3 Å². The maximum absolute atomic E-state index is 9.53.